The lowest BCUT2D eigenvalue weighted by atomic mass is 10.0. The Kier molecular flexibility index (Phi) is 3.78. The van der Waals surface area contributed by atoms with Crippen LogP contribution in [0.4, 0.5) is 0 Å². The van der Waals surface area contributed by atoms with Gasteiger partial charge in [-0.15, -0.1) is 0 Å². The second-order valence-corrected chi connectivity index (χ2v) is 7.08. The molecule has 8 heteroatoms. The van der Waals surface area contributed by atoms with Crippen molar-refractivity contribution >= 4 is 22.6 Å². The van der Waals surface area contributed by atoms with Crippen LogP contribution in [0.2, 0.25) is 0 Å². The third-order valence-corrected chi connectivity index (χ3v) is 4.97. The summed E-state index contributed by atoms with van der Waals surface area (Å²) in [5.41, 5.74) is 3.15. The number of hydrogen-bond donors (Lipinski definition) is 1. The first-order valence-corrected chi connectivity index (χ1v) is 9.32. The normalized spacial score (nSPS) is 20.1. The van der Waals surface area contributed by atoms with Gasteiger partial charge in [0.2, 0.25) is 11.6 Å². The van der Waals surface area contributed by atoms with Crippen LogP contribution < -0.4 is 0 Å². The average Bonchev–Trinajstić information content (AvgIpc) is 3.57. The molecule has 4 heterocycles. The summed E-state index contributed by atoms with van der Waals surface area (Å²) in [7, 11) is 0. The van der Waals surface area contributed by atoms with E-state index in [2.05, 4.69) is 9.97 Å². The van der Waals surface area contributed by atoms with E-state index in [9.17, 15) is 14.7 Å². The molecule has 0 amide bonds. The van der Waals surface area contributed by atoms with Gasteiger partial charge in [0.15, 0.2) is 0 Å². The minimum absolute atomic E-state index is 0.00546. The number of allylic oxidation sites excluding steroid dienone is 1. The molecule has 0 unspecified atom stereocenters. The number of rotatable bonds is 3. The molecule has 0 atom stereocenters. The molecule has 6 rings (SSSR count). The summed E-state index contributed by atoms with van der Waals surface area (Å²) >= 11 is 0. The van der Waals surface area contributed by atoms with Crippen LogP contribution in [0.3, 0.4) is 0 Å². The third-order valence-electron chi connectivity index (χ3n) is 4.97. The predicted octanol–water partition coefficient (Wildman–Crippen LogP) is 0.516. The summed E-state index contributed by atoms with van der Waals surface area (Å²) in [5, 5.41) is 9.27. The number of Topliss-reactive ketones (excluding diaryl/α,β-unsaturated/α-hetero) is 1. The van der Waals surface area contributed by atoms with E-state index in [1.807, 2.05) is 20.8 Å². The van der Waals surface area contributed by atoms with Gasteiger partial charge in [0.05, 0.1) is 11.2 Å². The Morgan fingerprint density at radius 2 is 1.46 bits per heavy atom. The summed E-state index contributed by atoms with van der Waals surface area (Å²) in [5.74, 6) is 0.225. The fraction of sp³-hybridized carbons (Fsp3) is 0.300. The fourth-order valence-electron chi connectivity index (χ4n) is 3.25. The lowest BCUT2D eigenvalue weighted by Crippen LogP contribution is -2.29. The lowest BCUT2D eigenvalue weighted by molar-refractivity contribution is -0.117. The SMILES string of the molecule is O=C1C=C(N2CC2)C(=O)C(N2CC2)=C1N1CC1.Oc1cccc2nccnc12. The monoisotopic (exact) mass is 377 g/mol. The summed E-state index contributed by atoms with van der Waals surface area (Å²) in [6, 6.07) is 5.14. The highest BCUT2D eigenvalue weighted by Crippen LogP contribution is 2.33. The zero-order valence-electron chi connectivity index (χ0n) is 15.2. The highest BCUT2D eigenvalue weighted by atomic mass is 16.3. The lowest BCUT2D eigenvalue weighted by Gasteiger charge is -2.21. The number of carbonyl (C=O) groups is 2. The maximum Gasteiger partial charge on any atom is 0.227 e. The van der Waals surface area contributed by atoms with E-state index in [1.54, 1.807) is 24.5 Å². The standard InChI is InChI=1S/C12H13N3O2.C8H6N2O/c16-9-7-8(13-1-2-13)12(17)11(15-5-6-15)10(9)14-3-4-14;11-7-3-1-2-6-8(7)10-5-4-9-6/h7H,1-6H2;1-5,11H. The molecule has 3 saturated heterocycles. The van der Waals surface area contributed by atoms with Gasteiger partial charge in [-0.3, -0.25) is 14.6 Å². The van der Waals surface area contributed by atoms with Gasteiger partial charge in [-0.2, -0.15) is 0 Å². The minimum Gasteiger partial charge on any atom is -0.506 e. The van der Waals surface area contributed by atoms with Crippen molar-refractivity contribution < 1.29 is 14.7 Å². The van der Waals surface area contributed by atoms with E-state index in [0.717, 1.165) is 39.3 Å². The fourth-order valence-corrected chi connectivity index (χ4v) is 3.25. The zero-order valence-corrected chi connectivity index (χ0v) is 15.2. The van der Waals surface area contributed by atoms with Gasteiger partial charge in [-0.25, -0.2) is 4.98 Å². The van der Waals surface area contributed by atoms with Crippen LogP contribution in [0.5, 0.6) is 5.75 Å². The number of para-hydroxylation sites is 1. The Bertz CT molecular complexity index is 1040. The number of hydrogen-bond acceptors (Lipinski definition) is 8. The van der Waals surface area contributed by atoms with Gasteiger partial charge in [-0.05, 0) is 12.1 Å². The summed E-state index contributed by atoms with van der Waals surface area (Å²) in [6.07, 6.45) is 4.68. The molecule has 3 aliphatic heterocycles. The number of phenolic OH excluding ortho intramolecular Hbond substituents is 1. The molecule has 1 N–H and O–H groups in total. The largest absolute Gasteiger partial charge is 0.506 e. The molecule has 8 nitrogen and oxygen atoms in total. The van der Waals surface area contributed by atoms with E-state index in [-0.39, 0.29) is 17.3 Å². The first-order valence-electron chi connectivity index (χ1n) is 9.32. The first kappa shape index (κ1) is 16.7. The summed E-state index contributed by atoms with van der Waals surface area (Å²) in [4.78, 5) is 38.5. The Morgan fingerprint density at radius 1 is 0.821 bits per heavy atom. The molecule has 2 aromatic rings. The molecule has 3 fully saturated rings. The molecule has 1 aromatic heterocycles. The predicted molar refractivity (Wildman–Crippen MR) is 101 cm³/mol. The molecule has 4 aliphatic rings. The van der Waals surface area contributed by atoms with E-state index in [1.165, 1.54) is 6.08 Å². The zero-order chi connectivity index (χ0) is 19.3. The van der Waals surface area contributed by atoms with E-state index in [0.29, 0.717) is 28.1 Å². The van der Waals surface area contributed by atoms with Crippen molar-refractivity contribution in [1.29, 1.82) is 0 Å². The van der Waals surface area contributed by atoms with Crippen molar-refractivity contribution in [3.05, 3.63) is 53.8 Å². The van der Waals surface area contributed by atoms with Crippen molar-refractivity contribution in [3.63, 3.8) is 0 Å². The van der Waals surface area contributed by atoms with Crippen molar-refractivity contribution in [3.8, 4) is 5.75 Å². The molecule has 1 aliphatic carbocycles. The first-order chi connectivity index (χ1) is 13.6. The summed E-state index contributed by atoms with van der Waals surface area (Å²) < 4.78 is 0. The molecule has 1 aromatic carbocycles. The molecule has 0 spiro atoms. The van der Waals surface area contributed by atoms with Gasteiger partial charge in [-0.1, -0.05) is 6.07 Å². The van der Waals surface area contributed by atoms with Crippen LogP contribution in [0.1, 0.15) is 0 Å². The van der Waals surface area contributed by atoms with Gasteiger partial charge in [0.25, 0.3) is 0 Å². The van der Waals surface area contributed by atoms with Crippen molar-refractivity contribution in [1.82, 2.24) is 24.7 Å². The Hall–Kier alpha value is -3.42. The average molecular weight is 377 g/mol. The summed E-state index contributed by atoms with van der Waals surface area (Å²) in [6.45, 7) is 5.41. The van der Waals surface area contributed by atoms with Crippen LogP contribution in [0.15, 0.2) is 53.8 Å². The molecule has 0 radical (unpaired) electrons. The minimum atomic E-state index is 0.00546. The second kappa shape index (κ2) is 6.33. The van der Waals surface area contributed by atoms with E-state index in [4.69, 9.17) is 0 Å². The van der Waals surface area contributed by atoms with Gasteiger partial charge >= 0.3 is 0 Å². The molecule has 0 bridgehead atoms. The number of carbonyl (C=O) groups excluding carboxylic acids is 2. The highest BCUT2D eigenvalue weighted by Gasteiger charge is 2.43. The topological polar surface area (TPSA) is 89.2 Å². The smallest absolute Gasteiger partial charge is 0.227 e. The van der Waals surface area contributed by atoms with Crippen LogP contribution in [-0.2, 0) is 9.59 Å². The Morgan fingerprint density at radius 3 is 2.11 bits per heavy atom. The van der Waals surface area contributed by atoms with Crippen LogP contribution in [0, 0.1) is 0 Å². The molecule has 142 valence electrons. The number of aromatic nitrogens is 2. The Labute approximate surface area is 161 Å². The maximum atomic E-state index is 12.4. The Balaban J connectivity index is 0.000000135. The second-order valence-electron chi connectivity index (χ2n) is 7.08. The van der Waals surface area contributed by atoms with E-state index < -0.39 is 0 Å². The number of phenols is 1. The number of nitrogens with zero attached hydrogens (tertiary/aromatic N) is 5. The molecular weight excluding hydrogens is 358 g/mol. The highest BCUT2D eigenvalue weighted by molar-refractivity contribution is 6.22. The maximum absolute atomic E-state index is 12.4. The van der Waals surface area contributed by atoms with Gasteiger partial charge in [0.1, 0.15) is 22.7 Å². The number of aromatic hydroxyl groups is 1. The number of benzene rings is 1. The van der Waals surface area contributed by atoms with E-state index >= 15 is 0 Å². The number of fused-ring (bicyclic) bond motifs is 1. The third kappa shape index (κ3) is 3.06. The molecule has 0 saturated carbocycles. The molecule has 28 heavy (non-hydrogen) atoms. The molecular formula is C20H19N5O3. The van der Waals surface area contributed by atoms with Gasteiger partial charge in [0, 0.05) is 57.7 Å². The van der Waals surface area contributed by atoms with Crippen molar-refractivity contribution in [2.45, 2.75) is 0 Å². The number of ketones is 2. The van der Waals surface area contributed by atoms with Gasteiger partial charge < -0.3 is 19.8 Å². The quantitative estimate of drug-likeness (QED) is 0.612. The van der Waals surface area contributed by atoms with Crippen molar-refractivity contribution in [2.24, 2.45) is 0 Å². The van der Waals surface area contributed by atoms with Crippen LogP contribution >= 0.6 is 0 Å². The van der Waals surface area contributed by atoms with Crippen LogP contribution in [-0.4, -0.2) is 80.6 Å². The van der Waals surface area contributed by atoms with Crippen molar-refractivity contribution in [2.75, 3.05) is 39.3 Å². The van der Waals surface area contributed by atoms with Crippen LogP contribution in [0.25, 0.3) is 11.0 Å².